The maximum absolute atomic E-state index is 12.5. The molecule has 1 amide bonds. The quantitative estimate of drug-likeness (QED) is 0.938. The van der Waals surface area contributed by atoms with E-state index in [0.717, 1.165) is 42.9 Å². The second-order valence-electron chi connectivity index (χ2n) is 6.86. The third-order valence-corrected chi connectivity index (χ3v) is 5.34. The lowest BCUT2D eigenvalue weighted by Gasteiger charge is -2.41. The van der Waals surface area contributed by atoms with Gasteiger partial charge in [-0.05, 0) is 31.4 Å². The third kappa shape index (κ3) is 1.88. The summed E-state index contributed by atoms with van der Waals surface area (Å²) in [5.74, 6) is 1.88. The minimum Gasteiger partial charge on any atom is -0.342 e. The zero-order valence-electron chi connectivity index (χ0n) is 12.5. The number of amides is 1. The highest BCUT2D eigenvalue weighted by molar-refractivity contribution is 5.84. The predicted octanol–water partition coefficient (Wildman–Crippen LogP) is 1.73. The van der Waals surface area contributed by atoms with E-state index in [0.29, 0.717) is 17.9 Å². The summed E-state index contributed by atoms with van der Waals surface area (Å²) in [6.45, 7) is 2.86. The molecule has 5 heteroatoms. The topological polar surface area (TPSA) is 52.2 Å². The number of likely N-dealkylation sites (tertiary alicyclic amines) is 2. The molecule has 3 fully saturated rings. The molecule has 1 N–H and O–H groups in total. The number of hydrogen-bond donors (Lipinski definition) is 1. The van der Waals surface area contributed by atoms with Crippen LogP contribution in [0.2, 0.25) is 0 Å². The molecule has 2 aromatic rings. The molecule has 22 heavy (non-hydrogen) atoms. The van der Waals surface area contributed by atoms with Crippen LogP contribution >= 0.6 is 0 Å². The van der Waals surface area contributed by atoms with Gasteiger partial charge < -0.3 is 9.88 Å². The maximum Gasteiger partial charge on any atom is 0.240 e. The number of rotatable bonds is 3. The Bertz CT molecular complexity index is 696. The number of carbonyl (C=O) groups is 1. The van der Waals surface area contributed by atoms with Gasteiger partial charge in [-0.2, -0.15) is 0 Å². The summed E-state index contributed by atoms with van der Waals surface area (Å²) in [6.07, 6.45) is 3.42. The van der Waals surface area contributed by atoms with Gasteiger partial charge >= 0.3 is 0 Å². The van der Waals surface area contributed by atoms with Crippen LogP contribution in [0.4, 0.5) is 0 Å². The van der Waals surface area contributed by atoms with Crippen molar-refractivity contribution in [3.05, 3.63) is 30.1 Å². The summed E-state index contributed by atoms with van der Waals surface area (Å²) in [7, 11) is 0. The number of imidazole rings is 1. The van der Waals surface area contributed by atoms with Crippen LogP contribution in [0.15, 0.2) is 24.3 Å². The van der Waals surface area contributed by atoms with E-state index >= 15 is 0 Å². The largest absolute Gasteiger partial charge is 0.342 e. The Morgan fingerprint density at radius 2 is 1.95 bits per heavy atom. The Balaban J connectivity index is 1.27. The van der Waals surface area contributed by atoms with E-state index < -0.39 is 0 Å². The van der Waals surface area contributed by atoms with Gasteiger partial charge in [-0.1, -0.05) is 12.1 Å². The smallest absolute Gasteiger partial charge is 0.240 e. The minimum absolute atomic E-state index is 0.126. The van der Waals surface area contributed by atoms with Crippen molar-refractivity contribution in [1.82, 2.24) is 19.8 Å². The standard InChI is InChI=1S/C17H20N4O/c22-17-15(7-8-21(17)12-5-6-12)20-9-11(10-20)16-18-13-3-1-2-4-14(13)19-16/h1-4,11-12,15H,5-10H2,(H,18,19). The summed E-state index contributed by atoms with van der Waals surface area (Å²) < 4.78 is 0. The first-order chi connectivity index (χ1) is 10.8. The first-order valence-electron chi connectivity index (χ1n) is 8.29. The van der Waals surface area contributed by atoms with Crippen molar-refractivity contribution in [2.75, 3.05) is 19.6 Å². The summed E-state index contributed by atoms with van der Waals surface area (Å²) in [6, 6.07) is 8.84. The number of aromatic amines is 1. The number of para-hydroxylation sites is 2. The Morgan fingerprint density at radius 1 is 1.14 bits per heavy atom. The molecule has 2 saturated heterocycles. The SMILES string of the molecule is O=C1C(N2CC(c3nc4ccccc4[nH]3)C2)CCN1C1CC1. The van der Waals surface area contributed by atoms with Crippen LogP contribution in [0.25, 0.3) is 11.0 Å². The van der Waals surface area contributed by atoms with Crippen LogP contribution in [-0.4, -0.2) is 57.4 Å². The molecule has 3 aliphatic rings. The van der Waals surface area contributed by atoms with Crippen molar-refractivity contribution >= 4 is 16.9 Å². The van der Waals surface area contributed by atoms with Crippen molar-refractivity contribution < 1.29 is 4.79 Å². The fraction of sp³-hybridized carbons (Fsp3) is 0.529. The lowest BCUT2D eigenvalue weighted by Crippen LogP contribution is -2.53. The van der Waals surface area contributed by atoms with Crippen LogP contribution in [0.5, 0.6) is 0 Å². The molecular weight excluding hydrogens is 276 g/mol. The summed E-state index contributed by atoms with van der Waals surface area (Å²) in [5.41, 5.74) is 2.14. The van der Waals surface area contributed by atoms with Gasteiger partial charge in [0, 0.05) is 31.6 Å². The molecule has 0 radical (unpaired) electrons. The summed E-state index contributed by atoms with van der Waals surface area (Å²) in [4.78, 5) is 25.0. The highest BCUT2D eigenvalue weighted by atomic mass is 16.2. The van der Waals surface area contributed by atoms with E-state index in [1.165, 1.54) is 12.8 Å². The maximum atomic E-state index is 12.5. The number of benzene rings is 1. The van der Waals surface area contributed by atoms with Crippen LogP contribution in [0, 0.1) is 0 Å². The van der Waals surface area contributed by atoms with E-state index in [-0.39, 0.29) is 6.04 Å². The monoisotopic (exact) mass is 296 g/mol. The molecule has 1 saturated carbocycles. The Morgan fingerprint density at radius 3 is 2.73 bits per heavy atom. The molecule has 114 valence electrons. The lowest BCUT2D eigenvalue weighted by atomic mass is 9.96. The molecule has 1 aromatic heterocycles. The molecule has 0 spiro atoms. The number of H-pyrrole nitrogens is 1. The van der Waals surface area contributed by atoms with E-state index in [2.05, 4.69) is 20.9 Å². The second-order valence-corrected chi connectivity index (χ2v) is 6.86. The average molecular weight is 296 g/mol. The van der Waals surface area contributed by atoms with Gasteiger partial charge in [0.05, 0.1) is 17.1 Å². The molecule has 1 unspecified atom stereocenters. The normalized spacial score (nSPS) is 26.8. The zero-order chi connectivity index (χ0) is 14.7. The van der Waals surface area contributed by atoms with Gasteiger partial charge in [-0.15, -0.1) is 0 Å². The molecule has 1 aliphatic carbocycles. The highest BCUT2D eigenvalue weighted by Crippen LogP contribution is 2.35. The zero-order valence-corrected chi connectivity index (χ0v) is 12.5. The molecule has 1 atom stereocenters. The predicted molar refractivity (Wildman–Crippen MR) is 83.5 cm³/mol. The van der Waals surface area contributed by atoms with E-state index in [1.807, 2.05) is 18.2 Å². The fourth-order valence-electron chi connectivity index (χ4n) is 3.88. The molecular formula is C17H20N4O. The van der Waals surface area contributed by atoms with Gasteiger partial charge in [-0.25, -0.2) is 4.98 Å². The van der Waals surface area contributed by atoms with Crippen molar-refractivity contribution in [2.24, 2.45) is 0 Å². The van der Waals surface area contributed by atoms with Crippen LogP contribution < -0.4 is 0 Å². The number of nitrogens with one attached hydrogen (secondary N) is 1. The first kappa shape index (κ1) is 12.6. The summed E-state index contributed by atoms with van der Waals surface area (Å²) >= 11 is 0. The second kappa shape index (κ2) is 4.56. The van der Waals surface area contributed by atoms with Gasteiger partial charge in [-0.3, -0.25) is 9.69 Å². The van der Waals surface area contributed by atoms with Crippen molar-refractivity contribution in [1.29, 1.82) is 0 Å². The Kier molecular flexibility index (Phi) is 2.62. The van der Waals surface area contributed by atoms with Gasteiger partial charge in [0.2, 0.25) is 5.91 Å². The van der Waals surface area contributed by atoms with Gasteiger partial charge in [0.15, 0.2) is 0 Å². The molecule has 3 heterocycles. The van der Waals surface area contributed by atoms with Crippen molar-refractivity contribution in [2.45, 2.75) is 37.3 Å². The Labute approximate surface area is 129 Å². The third-order valence-electron chi connectivity index (χ3n) is 5.34. The van der Waals surface area contributed by atoms with Gasteiger partial charge in [0.25, 0.3) is 0 Å². The van der Waals surface area contributed by atoms with E-state index in [1.54, 1.807) is 0 Å². The van der Waals surface area contributed by atoms with Crippen molar-refractivity contribution in [3.8, 4) is 0 Å². The van der Waals surface area contributed by atoms with Crippen LogP contribution in [-0.2, 0) is 4.79 Å². The van der Waals surface area contributed by atoms with Gasteiger partial charge in [0.1, 0.15) is 5.82 Å². The number of hydrogen-bond acceptors (Lipinski definition) is 3. The van der Waals surface area contributed by atoms with E-state index in [4.69, 9.17) is 4.98 Å². The lowest BCUT2D eigenvalue weighted by molar-refractivity contribution is -0.134. The molecule has 1 aromatic carbocycles. The Hall–Kier alpha value is -1.88. The summed E-state index contributed by atoms with van der Waals surface area (Å²) in [5, 5.41) is 0. The first-order valence-corrected chi connectivity index (χ1v) is 8.29. The molecule has 0 bridgehead atoms. The number of carbonyl (C=O) groups excluding carboxylic acids is 1. The molecule has 5 nitrogen and oxygen atoms in total. The molecule has 2 aliphatic heterocycles. The number of nitrogens with zero attached hydrogens (tertiary/aromatic N) is 3. The molecule has 5 rings (SSSR count). The number of fused-ring (bicyclic) bond motifs is 1. The van der Waals surface area contributed by atoms with Crippen molar-refractivity contribution in [3.63, 3.8) is 0 Å². The van der Waals surface area contributed by atoms with Crippen LogP contribution in [0.1, 0.15) is 31.0 Å². The number of aromatic nitrogens is 2. The van der Waals surface area contributed by atoms with Crippen LogP contribution in [0.3, 0.4) is 0 Å². The average Bonchev–Trinajstić information content (AvgIpc) is 3.12. The fourth-order valence-corrected chi connectivity index (χ4v) is 3.88. The van der Waals surface area contributed by atoms with E-state index in [9.17, 15) is 4.79 Å². The highest BCUT2D eigenvalue weighted by Gasteiger charge is 2.46. The minimum atomic E-state index is 0.126.